The van der Waals surface area contributed by atoms with E-state index in [0.29, 0.717) is 13.0 Å². The summed E-state index contributed by atoms with van der Waals surface area (Å²) in [7, 11) is 0. The molecule has 0 aromatic heterocycles. The van der Waals surface area contributed by atoms with Crippen molar-refractivity contribution in [2.24, 2.45) is 5.92 Å². The van der Waals surface area contributed by atoms with Crippen LogP contribution < -0.4 is 10.6 Å². The van der Waals surface area contributed by atoms with Gasteiger partial charge >= 0.3 is 6.09 Å². The largest absolute Gasteiger partial charge is 0.444 e. The van der Waals surface area contributed by atoms with Gasteiger partial charge < -0.3 is 20.3 Å². The van der Waals surface area contributed by atoms with Gasteiger partial charge in [0.05, 0.1) is 0 Å². The first-order valence-electron chi connectivity index (χ1n) is 13.0. The van der Waals surface area contributed by atoms with Crippen LogP contribution in [0, 0.1) is 12.8 Å². The van der Waals surface area contributed by atoms with Gasteiger partial charge in [-0.25, -0.2) is 4.79 Å². The first-order valence-corrected chi connectivity index (χ1v) is 13.0. The summed E-state index contributed by atoms with van der Waals surface area (Å²) in [6.45, 7) is 17.7. The summed E-state index contributed by atoms with van der Waals surface area (Å²) in [5, 5.41) is 5.84. The molecule has 0 aliphatic rings. The molecule has 0 heterocycles. The van der Waals surface area contributed by atoms with Crippen LogP contribution in [0.4, 0.5) is 4.79 Å². The Morgan fingerprint density at radius 2 is 1.66 bits per heavy atom. The van der Waals surface area contributed by atoms with E-state index in [-0.39, 0.29) is 23.8 Å². The van der Waals surface area contributed by atoms with Crippen LogP contribution in [-0.4, -0.2) is 47.0 Å². The number of nitrogens with one attached hydrogen (secondary N) is 2. The van der Waals surface area contributed by atoms with E-state index in [9.17, 15) is 14.4 Å². The van der Waals surface area contributed by atoms with Crippen LogP contribution in [0.2, 0.25) is 0 Å². The topological polar surface area (TPSA) is 87.7 Å². The molecule has 1 rings (SSSR count). The predicted molar refractivity (Wildman–Crippen MR) is 141 cm³/mol. The lowest BCUT2D eigenvalue weighted by Crippen LogP contribution is -2.57. The molecule has 0 bridgehead atoms. The number of carbonyl (C=O) groups is 3. The van der Waals surface area contributed by atoms with Crippen molar-refractivity contribution in [1.82, 2.24) is 15.5 Å². The van der Waals surface area contributed by atoms with Gasteiger partial charge in [0.2, 0.25) is 11.8 Å². The van der Waals surface area contributed by atoms with Crippen molar-refractivity contribution in [3.05, 3.63) is 35.4 Å². The summed E-state index contributed by atoms with van der Waals surface area (Å²) in [5.41, 5.74) is 1.02. The molecule has 0 radical (unpaired) electrons. The van der Waals surface area contributed by atoms with Gasteiger partial charge in [0.15, 0.2) is 0 Å². The maximum absolute atomic E-state index is 14.1. The number of hydrogen-bond donors (Lipinski definition) is 2. The average molecular weight is 490 g/mol. The van der Waals surface area contributed by atoms with Crippen molar-refractivity contribution >= 4 is 17.9 Å². The molecule has 0 spiro atoms. The zero-order valence-electron chi connectivity index (χ0n) is 23.2. The van der Waals surface area contributed by atoms with E-state index in [1.807, 2.05) is 58.9 Å². The maximum atomic E-state index is 14.1. The molecule has 2 N–H and O–H groups in total. The van der Waals surface area contributed by atoms with Gasteiger partial charge in [-0.3, -0.25) is 9.59 Å². The number of carbonyl (C=O) groups excluding carboxylic acids is 3. The quantitative estimate of drug-likeness (QED) is 0.379. The number of hydrogen-bond acceptors (Lipinski definition) is 4. The van der Waals surface area contributed by atoms with Gasteiger partial charge in [-0.2, -0.15) is 0 Å². The molecular weight excluding hydrogens is 442 g/mol. The third kappa shape index (κ3) is 9.54. The van der Waals surface area contributed by atoms with Crippen LogP contribution in [0.1, 0.15) is 98.2 Å². The van der Waals surface area contributed by atoms with Crippen molar-refractivity contribution in [3.63, 3.8) is 0 Å². The number of rotatable bonds is 12. The van der Waals surface area contributed by atoms with Gasteiger partial charge in [-0.05, 0) is 65.0 Å². The Morgan fingerprint density at radius 1 is 1.03 bits per heavy atom. The fraction of sp³-hybridized carbons (Fsp3) is 0.679. The van der Waals surface area contributed by atoms with E-state index in [0.717, 1.165) is 30.4 Å². The van der Waals surface area contributed by atoms with E-state index in [1.54, 1.807) is 25.7 Å². The second-order valence-corrected chi connectivity index (χ2v) is 10.6. The summed E-state index contributed by atoms with van der Waals surface area (Å²) in [4.78, 5) is 41.9. The lowest BCUT2D eigenvalue weighted by molar-refractivity contribution is -0.145. The van der Waals surface area contributed by atoms with E-state index >= 15 is 0 Å². The third-order valence-corrected chi connectivity index (χ3v) is 6.05. The lowest BCUT2D eigenvalue weighted by atomic mass is 9.93. The van der Waals surface area contributed by atoms with Crippen LogP contribution in [0.15, 0.2) is 24.3 Å². The minimum absolute atomic E-state index is 0.151. The van der Waals surface area contributed by atoms with Crippen LogP contribution in [0.5, 0.6) is 0 Å². The Kier molecular flexibility index (Phi) is 12.3. The van der Waals surface area contributed by atoms with Crippen molar-refractivity contribution in [2.75, 3.05) is 6.54 Å². The minimum Gasteiger partial charge on any atom is -0.444 e. The molecule has 0 fully saturated rings. The minimum atomic E-state index is -0.823. The number of benzene rings is 1. The Morgan fingerprint density at radius 3 is 2.17 bits per heavy atom. The molecular formula is C28H47N3O4. The molecule has 0 aliphatic heterocycles. The molecule has 7 nitrogen and oxygen atoms in total. The van der Waals surface area contributed by atoms with Gasteiger partial charge in [-0.15, -0.1) is 0 Å². The van der Waals surface area contributed by atoms with Crippen LogP contribution >= 0.6 is 0 Å². The predicted octanol–water partition coefficient (Wildman–Crippen LogP) is 5.52. The van der Waals surface area contributed by atoms with E-state index in [2.05, 4.69) is 17.6 Å². The number of aryl methyl sites for hydroxylation is 1. The van der Waals surface area contributed by atoms with Gasteiger partial charge in [-0.1, -0.05) is 64.3 Å². The zero-order valence-corrected chi connectivity index (χ0v) is 23.2. The Labute approximate surface area is 212 Å². The summed E-state index contributed by atoms with van der Waals surface area (Å²) in [6.07, 6.45) is 3.00. The van der Waals surface area contributed by atoms with Crippen LogP contribution in [-0.2, 0) is 14.3 Å². The molecule has 1 aromatic rings. The molecule has 3 unspecified atom stereocenters. The summed E-state index contributed by atoms with van der Waals surface area (Å²) >= 11 is 0. The second kappa shape index (κ2) is 14.1. The number of alkyl carbamates (subject to hydrolysis) is 1. The summed E-state index contributed by atoms with van der Waals surface area (Å²) < 4.78 is 5.44. The number of nitrogens with zero attached hydrogens (tertiary/aromatic N) is 1. The highest BCUT2D eigenvalue weighted by Gasteiger charge is 2.39. The molecule has 7 heteroatoms. The van der Waals surface area contributed by atoms with Crippen molar-refractivity contribution in [2.45, 2.75) is 112 Å². The monoisotopic (exact) mass is 489 g/mol. The smallest absolute Gasteiger partial charge is 0.408 e. The summed E-state index contributed by atoms with van der Waals surface area (Å²) in [6, 6.07) is 5.74. The molecule has 0 saturated heterocycles. The average Bonchev–Trinajstić information content (AvgIpc) is 2.76. The third-order valence-electron chi connectivity index (χ3n) is 6.05. The molecule has 0 aliphatic carbocycles. The first-order chi connectivity index (χ1) is 16.3. The van der Waals surface area contributed by atoms with Crippen molar-refractivity contribution in [3.8, 4) is 0 Å². The van der Waals surface area contributed by atoms with Crippen LogP contribution in [0.25, 0.3) is 0 Å². The van der Waals surface area contributed by atoms with Gasteiger partial charge in [0, 0.05) is 12.6 Å². The number of unbranched alkanes of at least 4 members (excludes halogenated alkanes) is 2. The van der Waals surface area contributed by atoms with Crippen molar-refractivity contribution in [1.29, 1.82) is 0 Å². The Balaban J connectivity index is 3.42. The fourth-order valence-corrected chi connectivity index (χ4v) is 3.95. The molecule has 198 valence electrons. The SMILES string of the molecule is CCCCCNC(=O)C(c1ccccc1C)N(C(=O)C(NC(=O)OC(C)(C)C)C(C)CC)C(C)C. The molecule has 1 aromatic carbocycles. The molecule has 3 amide bonds. The maximum Gasteiger partial charge on any atom is 0.408 e. The standard InChI is InChI=1S/C28H47N3O4/c1-10-12-15-18-29-25(32)24(22-17-14-13-16-21(22)6)31(19(3)4)26(33)23(20(5)11-2)30-27(34)35-28(7,8)9/h13-14,16-17,19-20,23-24H,10-12,15,18H2,1-9H3,(H,29,32)(H,30,34). The number of ether oxygens (including phenoxy) is 1. The Bertz CT molecular complexity index is 832. The zero-order chi connectivity index (χ0) is 26.8. The normalized spacial score (nSPS) is 14.1. The van der Waals surface area contributed by atoms with E-state index in [4.69, 9.17) is 4.74 Å². The second-order valence-electron chi connectivity index (χ2n) is 10.6. The molecule has 35 heavy (non-hydrogen) atoms. The Hall–Kier alpha value is -2.57. The lowest BCUT2D eigenvalue weighted by Gasteiger charge is -2.39. The van der Waals surface area contributed by atoms with Gasteiger partial charge in [0.25, 0.3) is 0 Å². The highest BCUT2D eigenvalue weighted by molar-refractivity contribution is 5.92. The number of amides is 3. The molecule has 3 atom stereocenters. The van der Waals surface area contributed by atoms with E-state index < -0.39 is 23.8 Å². The first kappa shape index (κ1) is 30.5. The van der Waals surface area contributed by atoms with Crippen LogP contribution in [0.3, 0.4) is 0 Å². The van der Waals surface area contributed by atoms with Gasteiger partial charge in [0.1, 0.15) is 17.7 Å². The highest BCUT2D eigenvalue weighted by atomic mass is 16.6. The summed E-state index contributed by atoms with van der Waals surface area (Å²) in [5.74, 6) is -0.656. The molecule has 0 saturated carbocycles. The van der Waals surface area contributed by atoms with Crippen molar-refractivity contribution < 1.29 is 19.1 Å². The fourth-order valence-electron chi connectivity index (χ4n) is 3.95. The van der Waals surface area contributed by atoms with E-state index in [1.165, 1.54) is 0 Å². The highest BCUT2D eigenvalue weighted by Crippen LogP contribution is 2.28.